The molecule has 0 unspecified atom stereocenters. The summed E-state index contributed by atoms with van der Waals surface area (Å²) in [5, 5.41) is 0. The van der Waals surface area contributed by atoms with Gasteiger partial charge in [-0.15, -0.1) is 0 Å². The molecule has 0 fully saturated rings. The summed E-state index contributed by atoms with van der Waals surface area (Å²) in [5.41, 5.74) is 0. The number of hydrogen-bond donors (Lipinski definition) is 0. The molecule has 0 amide bonds. The van der Waals surface area contributed by atoms with Crippen LogP contribution in [-0.2, 0) is 50.6 Å². The number of rotatable bonds is 0. The molecule has 0 atom stereocenters. The fourth-order valence-electron chi connectivity index (χ4n) is 0. The first-order valence-electron chi connectivity index (χ1n) is 0. The molecule has 4 heavy (non-hydrogen) atoms. The Labute approximate surface area is 67.5 Å². The third kappa shape index (κ3) is 8.96. The molecular formula is H3AlCoCrNi. The first kappa shape index (κ1) is 36.5. The summed E-state index contributed by atoms with van der Waals surface area (Å²) in [6.07, 6.45) is 0. The zero-order valence-electron chi connectivity index (χ0n) is 1.06. The van der Waals surface area contributed by atoms with Gasteiger partial charge in [-0.1, -0.05) is 0 Å². The van der Waals surface area contributed by atoms with Crippen LogP contribution in [-0.4, -0.2) is 17.4 Å². The molecule has 0 N–H and O–H groups in total. The van der Waals surface area contributed by atoms with Gasteiger partial charge in [0, 0.05) is 50.6 Å². The van der Waals surface area contributed by atoms with Gasteiger partial charge in [-0.2, -0.15) is 0 Å². The Bertz CT molecular complexity index is 8.00. The average Bonchev–Trinajstić information content (AvgIpc) is 0. The van der Waals surface area contributed by atoms with Crippen molar-refractivity contribution in [1.29, 1.82) is 0 Å². The van der Waals surface area contributed by atoms with Crippen LogP contribution in [0.25, 0.3) is 0 Å². The maximum Gasteiger partial charge on any atom is 0.187 e. The Morgan fingerprint density at radius 2 is 1.00 bits per heavy atom. The van der Waals surface area contributed by atoms with Crippen molar-refractivity contribution < 1.29 is 50.6 Å². The van der Waals surface area contributed by atoms with E-state index in [2.05, 4.69) is 0 Å². The summed E-state index contributed by atoms with van der Waals surface area (Å²) in [6.45, 7) is 0. The maximum absolute atomic E-state index is 0. The minimum absolute atomic E-state index is 0. The van der Waals surface area contributed by atoms with Crippen molar-refractivity contribution in [3.05, 3.63) is 0 Å². The van der Waals surface area contributed by atoms with E-state index in [1.54, 1.807) is 0 Å². The molecule has 0 saturated carbocycles. The van der Waals surface area contributed by atoms with Gasteiger partial charge < -0.3 is 0 Å². The van der Waals surface area contributed by atoms with Crippen LogP contribution in [0, 0.1) is 0 Å². The average molecular weight is 200 g/mol. The zero-order valence-corrected chi connectivity index (χ0v) is 4.36. The zero-order chi connectivity index (χ0) is 0. The molecule has 0 aliphatic carbocycles. The molecule has 0 spiro atoms. The molecule has 0 aliphatic heterocycles. The molecule has 31 valence electrons. The van der Waals surface area contributed by atoms with Gasteiger partial charge in [0.05, 0.1) is 0 Å². The van der Waals surface area contributed by atoms with Crippen LogP contribution in [0.2, 0.25) is 0 Å². The van der Waals surface area contributed by atoms with Crippen molar-refractivity contribution in [3.63, 3.8) is 0 Å². The van der Waals surface area contributed by atoms with Gasteiger partial charge >= 0.3 is 0 Å². The van der Waals surface area contributed by atoms with Gasteiger partial charge in [0.15, 0.2) is 17.4 Å². The predicted molar refractivity (Wildman–Crippen MR) is 9.94 cm³/mol. The fourth-order valence-corrected chi connectivity index (χ4v) is 0. The van der Waals surface area contributed by atoms with E-state index >= 15 is 0 Å². The van der Waals surface area contributed by atoms with Crippen LogP contribution < -0.4 is 0 Å². The van der Waals surface area contributed by atoms with Crippen LogP contribution in [0.3, 0.4) is 0 Å². The van der Waals surface area contributed by atoms with Crippen molar-refractivity contribution in [2.75, 3.05) is 0 Å². The quantitative estimate of drug-likeness (QED) is 0.431. The van der Waals surface area contributed by atoms with Gasteiger partial charge in [0.1, 0.15) is 0 Å². The molecule has 0 aliphatic rings. The molecular weight excluding hydrogens is 197 g/mol. The van der Waals surface area contributed by atoms with Crippen molar-refractivity contribution >= 4 is 17.4 Å². The Morgan fingerprint density at radius 1 is 1.00 bits per heavy atom. The summed E-state index contributed by atoms with van der Waals surface area (Å²) in [4.78, 5) is 0. The normalized spacial score (nSPS) is 0. The molecule has 0 bridgehead atoms. The molecule has 0 aromatic carbocycles. The second kappa shape index (κ2) is 19.6. The SMILES string of the molecule is [AlH3].[Co].[Cr].[Ni]. The van der Waals surface area contributed by atoms with E-state index in [4.69, 9.17) is 0 Å². The van der Waals surface area contributed by atoms with Crippen LogP contribution in [0.5, 0.6) is 0 Å². The Morgan fingerprint density at radius 3 is 1.00 bits per heavy atom. The fraction of sp³-hybridized carbons (Fsp3) is 0. The van der Waals surface area contributed by atoms with Crippen molar-refractivity contribution in [3.8, 4) is 0 Å². The topological polar surface area (TPSA) is 0 Å². The van der Waals surface area contributed by atoms with Crippen molar-refractivity contribution in [2.24, 2.45) is 0 Å². The molecule has 0 saturated heterocycles. The van der Waals surface area contributed by atoms with E-state index in [0.717, 1.165) is 0 Å². The van der Waals surface area contributed by atoms with E-state index in [1.165, 1.54) is 0 Å². The van der Waals surface area contributed by atoms with Crippen LogP contribution in [0.1, 0.15) is 0 Å². The van der Waals surface area contributed by atoms with Gasteiger partial charge in [-0.3, -0.25) is 0 Å². The first-order chi connectivity index (χ1) is 0. The third-order valence-corrected chi connectivity index (χ3v) is 0. The van der Waals surface area contributed by atoms with Gasteiger partial charge in [0.2, 0.25) is 0 Å². The summed E-state index contributed by atoms with van der Waals surface area (Å²) in [7, 11) is 0. The molecule has 0 rings (SSSR count). The predicted octanol–water partition coefficient (Wildman–Crippen LogP) is -1.19. The smallest absolute Gasteiger partial charge is 0 e. The summed E-state index contributed by atoms with van der Waals surface area (Å²) >= 11 is 0. The van der Waals surface area contributed by atoms with Gasteiger partial charge in [-0.25, -0.2) is 0 Å². The second-order valence-corrected chi connectivity index (χ2v) is 0. The van der Waals surface area contributed by atoms with E-state index in [9.17, 15) is 0 Å². The first-order valence-corrected chi connectivity index (χ1v) is 0. The van der Waals surface area contributed by atoms with Gasteiger partial charge in [0.25, 0.3) is 0 Å². The summed E-state index contributed by atoms with van der Waals surface area (Å²) in [6, 6.07) is 0. The van der Waals surface area contributed by atoms with E-state index < -0.39 is 0 Å². The molecule has 0 aromatic heterocycles. The Balaban J connectivity index is 0. The monoisotopic (exact) mass is 199 g/mol. The van der Waals surface area contributed by atoms with Crippen LogP contribution in [0.4, 0.5) is 0 Å². The summed E-state index contributed by atoms with van der Waals surface area (Å²) < 4.78 is 0. The minimum Gasteiger partial charge on any atom is 0 e. The largest absolute Gasteiger partial charge is 0.187 e. The standard InChI is InChI=1S/Al.Co.Cr.Ni.3H. The van der Waals surface area contributed by atoms with Crippen LogP contribution in [0.15, 0.2) is 0 Å². The molecule has 0 heterocycles. The third-order valence-electron chi connectivity index (χ3n) is 0. The Kier molecular flexibility index (Phi) is 179. The van der Waals surface area contributed by atoms with Crippen molar-refractivity contribution in [1.82, 2.24) is 0 Å². The Hall–Kier alpha value is 2.06. The van der Waals surface area contributed by atoms with Crippen molar-refractivity contribution in [2.45, 2.75) is 0 Å². The molecule has 0 nitrogen and oxygen atoms in total. The van der Waals surface area contributed by atoms with E-state index in [-0.39, 0.29) is 68.0 Å². The second-order valence-electron chi connectivity index (χ2n) is 0. The van der Waals surface area contributed by atoms with E-state index in [1.807, 2.05) is 0 Å². The molecule has 1 radical (unpaired) electrons. The summed E-state index contributed by atoms with van der Waals surface area (Å²) in [5.74, 6) is 0. The minimum atomic E-state index is 0. The van der Waals surface area contributed by atoms with E-state index in [0.29, 0.717) is 0 Å². The maximum atomic E-state index is 0. The number of hydrogen-bond acceptors (Lipinski definition) is 0. The molecule has 0 aromatic rings. The van der Waals surface area contributed by atoms with Crippen LogP contribution >= 0.6 is 0 Å². The molecule has 4 heteroatoms. The van der Waals surface area contributed by atoms with Gasteiger partial charge in [-0.05, 0) is 0 Å².